The molecule has 0 aromatic heterocycles. The fourth-order valence-corrected chi connectivity index (χ4v) is 3.12. The summed E-state index contributed by atoms with van der Waals surface area (Å²) in [5.41, 5.74) is 1.80. The van der Waals surface area contributed by atoms with E-state index in [-0.39, 0.29) is 17.4 Å². The highest BCUT2D eigenvalue weighted by molar-refractivity contribution is 5.94. The van der Waals surface area contributed by atoms with Crippen LogP contribution in [-0.4, -0.2) is 31.4 Å². The van der Waals surface area contributed by atoms with Gasteiger partial charge in [0.05, 0.1) is 20.3 Å². The van der Waals surface area contributed by atoms with Crippen molar-refractivity contribution in [1.29, 1.82) is 0 Å². The molecule has 5 nitrogen and oxygen atoms in total. The molecular weight excluding hydrogens is 320 g/mol. The molecule has 0 bridgehead atoms. The van der Waals surface area contributed by atoms with Gasteiger partial charge in [-0.25, -0.2) is 4.79 Å². The van der Waals surface area contributed by atoms with Gasteiger partial charge in [-0.2, -0.15) is 0 Å². The molecule has 25 heavy (non-hydrogen) atoms. The molecule has 2 aromatic rings. The van der Waals surface area contributed by atoms with Crippen LogP contribution in [0.25, 0.3) is 11.1 Å². The third kappa shape index (κ3) is 3.71. The summed E-state index contributed by atoms with van der Waals surface area (Å²) in [6, 6.07) is 10.5. The number of hydrogen-bond donors (Lipinski definition) is 1. The Kier molecular flexibility index (Phi) is 5.12. The van der Waals surface area contributed by atoms with Gasteiger partial charge < -0.3 is 19.3 Å². The maximum absolute atomic E-state index is 11.8. The van der Waals surface area contributed by atoms with Crippen LogP contribution >= 0.6 is 0 Å². The Morgan fingerprint density at radius 1 is 1.00 bits per heavy atom. The number of carbonyl (C=O) groups is 1. The smallest absolute Gasteiger partial charge is 0.341 e. The maximum atomic E-state index is 11.8. The van der Waals surface area contributed by atoms with Crippen LogP contribution in [0.2, 0.25) is 0 Å². The van der Waals surface area contributed by atoms with Crippen LogP contribution in [-0.2, 0) is 4.74 Å². The van der Waals surface area contributed by atoms with Crippen LogP contribution in [0.1, 0.15) is 36.0 Å². The maximum Gasteiger partial charge on any atom is 0.341 e. The molecular formula is C20H22O5. The molecule has 0 atom stereocenters. The fourth-order valence-electron chi connectivity index (χ4n) is 3.12. The first-order chi connectivity index (χ1) is 12.1. The predicted octanol–water partition coefficient (Wildman–Crippen LogP) is 4.18. The molecule has 3 rings (SSSR count). The summed E-state index contributed by atoms with van der Waals surface area (Å²) in [5, 5.41) is 9.86. The minimum atomic E-state index is -0.574. The van der Waals surface area contributed by atoms with Crippen molar-refractivity contribution in [3.8, 4) is 28.4 Å². The van der Waals surface area contributed by atoms with Gasteiger partial charge in [0.25, 0.3) is 0 Å². The van der Waals surface area contributed by atoms with Gasteiger partial charge in [-0.15, -0.1) is 0 Å². The van der Waals surface area contributed by atoms with Crippen molar-refractivity contribution in [2.45, 2.75) is 31.8 Å². The number of hydrogen-bond acceptors (Lipinski definition) is 5. The number of benzene rings is 2. The normalized spacial score (nSPS) is 14.3. The lowest BCUT2D eigenvalue weighted by Crippen LogP contribution is -2.11. The second-order valence-corrected chi connectivity index (χ2v) is 6.11. The Morgan fingerprint density at radius 2 is 1.68 bits per heavy atom. The third-order valence-corrected chi connectivity index (χ3v) is 4.49. The number of phenolic OH excluding ortho intramolecular Hbond substituents is 1. The lowest BCUT2D eigenvalue weighted by atomic mass is 10.0. The van der Waals surface area contributed by atoms with Gasteiger partial charge in [0.1, 0.15) is 11.3 Å². The van der Waals surface area contributed by atoms with Crippen molar-refractivity contribution in [1.82, 2.24) is 0 Å². The van der Waals surface area contributed by atoms with Crippen molar-refractivity contribution in [2.75, 3.05) is 14.2 Å². The average molecular weight is 342 g/mol. The van der Waals surface area contributed by atoms with Crippen molar-refractivity contribution < 1.29 is 24.1 Å². The van der Waals surface area contributed by atoms with Crippen LogP contribution in [0.3, 0.4) is 0 Å². The second-order valence-electron chi connectivity index (χ2n) is 6.11. The fraction of sp³-hybridized carbons (Fsp3) is 0.350. The van der Waals surface area contributed by atoms with Crippen LogP contribution in [0, 0.1) is 0 Å². The third-order valence-electron chi connectivity index (χ3n) is 4.49. The lowest BCUT2D eigenvalue weighted by molar-refractivity contribution is 0.0597. The topological polar surface area (TPSA) is 65.0 Å². The summed E-state index contributed by atoms with van der Waals surface area (Å²) in [5.74, 6) is 0.698. The van der Waals surface area contributed by atoms with Gasteiger partial charge in [-0.1, -0.05) is 12.1 Å². The number of carbonyl (C=O) groups excluding carboxylic acids is 1. The van der Waals surface area contributed by atoms with Crippen LogP contribution in [0.4, 0.5) is 0 Å². The van der Waals surface area contributed by atoms with Gasteiger partial charge >= 0.3 is 5.97 Å². The molecule has 0 spiro atoms. The number of methoxy groups -OCH3 is 2. The summed E-state index contributed by atoms with van der Waals surface area (Å²) in [6.45, 7) is 0. The first-order valence-corrected chi connectivity index (χ1v) is 8.38. The molecule has 0 radical (unpaired) electrons. The van der Waals surface area contributed by atoms with Crippen molar-refractivity contribution in [3.05, 3.63) is 42.0 Å². The zero-order chi connectivity index (χ0) is 17.8. The molecule has 5 heteroatoms. The molecule has 0 saturated heterocycles. The van der Waals surface area contributed by atoms with Crippen LogP contribution in [0.5, 0.6) is 17.2 Å². The summed E-state index contributed by atoms with van der Waals surface area (Å²) < 4.78 is 16.2. The van der Waals surface area contributed by atoms with E-state index in [1.807, 2.05) is 18.2 Å². The lowest BCUT2D eigenvalue weighted by Gasteiger charge is -2.17. The van der Waals surface area contributed by atoms with Crippen molar-refractivity contribution in [3.63, 3.8) is 0 Å². The van der Waals surface area contributed by atoms with Crippen LogP contribution < -0.4 is 9.47 Å². The number of esters is 1. The molecule has 2 aromatic carbocycles. The predicted molar refractivity (Wildman–Crippen MR) is 94.3 cm³/mol. The number of rotatable bonds is 5. The van der Waals surface area contributed by atoms with Crippen molar-refractivity contribution >= 4 is 5.97 Å². The Labute approximate surface area is 147 Å². The molecule has 0 amide bonds. The molecule has 0 unspecified atom stereocenters. The average Bonchev–Trinajstić information content (AvgIpc) is 3.14. The second kappa shape index (κ2) is 7.47. The number of ether oxygens (including phenoxy) is 3. The minimum absolute atomic E-state index is 0.105. The molecule has 1 fully saturated rings. The monoisotopic (exact) mass is 342 g/mol. The van der Waals surface area contributed by atoms with E-state index in [4.69, 9.17) is 14.2 Å². The van der Waals surface area contributed by atoms with E-state index in [0.29, 0.717) is 11.5 Å². The van der Waals surface area contributed by atoms with Crippen molar-refractivity contribution in [2.24, 2.45) is 0 Å². The van der Waals surface area contributed by atoms with Gasteiger partial charge in [0, 0.05) is 0 Å². The molecule has 1 aliphatic carbocycles. The van der Waals surface area contributed by atoms with E-state index in [2.05, 4.69) is 0 Å². The highest BCUT2D eigenvalue weighted by Crippen LogP contribution is 2.36. The highest BCUT2D eigenvalue weighted by atomic mass is 16.5. The Morgan fingerprint density at radius 3 is 2.36 bits per heavy atom. The van der Waals surface area contributed by atoms with Gasteiger partial charge in [0.2, 0.25) is 0 Å². The summed E-state index contributed by atoms with van der Waals surface area (Å²) >= 11 is 0. The molecule has 132 valence electrons. The standard InChI is InChI=1S/C20H22O5/c1-23-18-10-8-14(12-19(18)25-15-5-3-4-6-15)13-7-9-17(21)16(11-13)20(22)24-2/h7-12,15,21H,3-6H2,1-2H3. The van der Waals surface area contributed by atoms with Crippen LogP contribution in [0.15, 0.2) is 36.4 Å². The number of phenols is 1. The van der Waals surface area contributed by atoms with Gasteiger partial charge in [-0.3, -0.25) is 0 Å². The Bertz CT molecular complexity index is 763. The highest BCUT2D eigenvalue weighted by Gasteiger charge is 2.19. The molecule has 1 aliphatic rings. The van der Waals surface area contributed by atoms with Gasteiger partial charge in [-0.05, 0) is 61.1 Å². The quantitative estimate of drug-likeness (QED) is 0.826. The zero-order valence-electron chi connectivity index (χ0n) is 14.5. The summed E-state index contributed by atoms with van der Waals surface area (Å²) in [6.07, 6.45) is 4.70. The summed E-state index contributed by atoms with van der Waals surface area (Å²) in [4.78, 5) is 11.8. The Balaban J connectivity index is 1.95. The molecule has 0 heterocycles. The Hall–Kier alpha value is -2.69. The van der Waals surface area contributed by atoms with E-state index in [9.17, 15) is 9.90 Å². The van der Waals surface area contributed by atoms with E-state index >= 15 is 0 Å². The van der Waals surface area contributed by atoms with Gasteiger partial charge in [0.15, 0.2) is 11.5 Å². The van der Waals surface area contributed by atoms with E-state index in [1.54, 1.807) is 19.2 Å². The summed E-state index contributed by atoms with van der Waals surface area (Å²) in [7, 11) is 2.90. The van der Waals surface area contributed by atoms with E-state index in [0.717, 1.165) is 24.0 Å². The largest absolute Gasteiger partial charge is 0.507 e. The molecule has 1 N–H and O–H groups in total. The molecule has 0 aliphatic heterocycles. The zero-order valence-corrected chi connectivity index (χ0v) is 14.5. The minimum Gasteiger partial charge on any atom is -0.507 e. The van der Waals surface area contributed by atoms with E-state index < -0.39 is 5.97 Å². The number of aromatic hydroxyl groups is 1. The van der Waals surface area contributed by atoms with E-state index in [1.165, 1.54) is 26.0 Å². The molecule has 1 saturated carbocycles. The first-order valence-electron chi connectivity index (χ1n) is 8.38. The SMILES string of the molecule is COC(=O)c1cc(-c2ccc(OC)c(OC3CCCC3)c2)ccc1O. The first kappa shape index (κ1) is 17.1.